The number of hydrogen-bond donors (Lipinski definition) is 1. The topological polar surface area (TPSA) is 67.4 Å². The highest BCUT2D eigenvalue weighted by Gasteiger charge is 2.21. The van der Waals surface area contributed by atoms with E-state index in [4.69, 9.17) is 5.73 Å². The first-order chi connectivity index (χ1) is 10.2. The Hall–Kier alpha value is -1.86. The Morgan fingerprint density at radius 2 is 2.14 bits per heavy atom. The maximum absolute atomic E-state index is 12.2. The average Bonchev–Trinajstić information content (AvgIpc) is 3.12. The third-order valence-corrected chi connectivity index (χ3v) is 4.50. The predicted octanol–water partition coefficient (Wildman–Crippen LogP) is 0.871. The monoisotopic (exact) mass is 305 g/mol. The Morgan fingerprint density at radius 1 is 1.33 bits per heavy atom. The molecule has 3 rings (SSSR count). The van der Waals surface area contributed by atoms with Crippen molar-refractivity contribution < 1.29 is 4.79 Å². The number of nitrogen functional groups attached to an aromatic ring is 1. The van der Waals surface area contributed by atoms with Crippen LogP contribution in [0.2, 0.25) is 0 Å². The quantitative estimate of drug-likeness (QED) is 0.910. The number of amides is 1. The lowest BCUT2D eigenvalue weighted by atomic mass is 10.3. The van der Waals surface area contributed by atoms with Gasteiger partial charge in [0.1, 0.15) is 6.54 Å². The van der Waals surface area contributed by atoms with Gasteiger partial charge in [-0.15, -0.1) is 11.3 Å². The van der Waals surface area contributed by atoms with Crippen LogP contribution in [0.15, 0.2) is 29.9 Å². The van der Waals surface area contributed by atoms with E-state index in [2.05, 4.69) is 27.5 Å². The summed E-state index contributed by atoms with van der Waals surface area (Å²) in [6.07, 6.45) is 3.25. The molecular weight excluding hydrogens is 286 g/mol. The summed E-state index contributed by atoms with van der Waals surface area (Å²) in [7, 11) is 0. The standard InChI is InChI=1S/C14H19N5OS/c15-12-8-16-19(9-12)11-14(20)18-5-3-17(4-6-18)10-13-2-1-7-21-13/h1-2,7-9H,3-6,10-11,15H2. The number of nitrogens with zero attached hydrogens (tertiary/aromatic N) is 4. The first kappa shape index (κ1) is 14.1. The Labute approximate surface area is 127 Å². The van der Waals surface area contributed by atoms with Gasteiger partial charge in [-0.2, -0.15) is 5.10 Å². The summed E-state index contributed by atoms with van der Waals surface area (Å²) in [4.78, 5) is 17.9. The molecule has 2 aromatic heterocycles. The van der Waals surface area contributed by atoms with Gasteiger partial charge in [0.25, 0.3) is 0 Å². The van der Waals surface area contributed by atoms with Crippen molar-refractivity contribution in [1.82, 2.24) is 19.6 Å². The number of anilines is 1. The van der Waals surface area contributed by atoms with Crippen LogP contribution in [0.1, 0.15) is 4.88 Å². The van der Waals surface area contributed by atoms with Gasteiger partial charge >= 0.3 is 0 Å². The maximum atomic E-state index is 12.2. The Morgan fingerprint density at radius 3 is 2.76 bits per heavy atom. The molecular formula is C14H19N5OS. The Bertz CT molecular complexity index is 586. The van der Waals surface area contributed by atoms with Crippen LogP contribution in [-0.4, -0.2) is 51.7 Å². The Balaban J connectivity index is 1.47. The molecule has 21 heavy (non-hydrogen) atoms. The van der Waals surface area contributed by atoms with Gasteiger partial charge in [0.2, 0.25) is 5.91 Å². The summed E-state index contributed by atoms with van der Waals surface area (Å²) in [5.41, 5.74) is 6.19. The van der Waals surface area contributed by atoms with Crippen LogP contribution in [0.4, 0.5) is 5.69 Å². The third-order valence-electron chi connectivity index (χ3n) is 3.64. The van der Waals surface area contributed by atoms with Crippen LogP contribution in [-0.2, 0) is 17.9 Å². The number of rotatable bonds is 4. The van der Waals surface area contributed by atoms with E-state index in [9.17, 15) is 4.79 Å². The molecule has 1 amide bonds. The van der Waals surface area contributed by atoms with Crippen molar-refractivity contribution in [3.63, 3.8) is 0 Å². The number of nitrogens with two attached hydrogens (primary N) is 1. The van der Waals surface area contributed by atoms with Gasteiger partial charge in [0.15, 0.2) is 0 Å². The molecule has 1 aliphatic rings. The molecule has 0 atom stereocenters. The van der Waals surface area contributed by atoms with Crippen molar-refractivity contribution in [2.45, 2.75) is 13.1 Å². The second-order valence-electron chi connectivity index (χ2n) is 5.21. The SMILES string of the molecule is Nc1cnn(CC(=O)N2CCN(Cc3cccs3)CC2)c1. The lowest BCUT2D eigenvalue weighted by Gasteiger charge is -2.34. The summed E-state index contributed by atoms with van der Waals surface area (Å²) < 4.78 is 1.59. The summed E-state index contributed by atoms with van der Waals surface area (Å²) >= 11 is 1.78. The molecule has 1 fully saturated rings. The van der Waals surface area contributed by atoms with Crippen LogP contribution in [0.3, 0.4) is 0 Å². The zero-order valence-electron chi connectivity index (χ0n) is 11.8. The molecule has 2 N–H and O–H groups in total. The van der Waals surface area contributed by atoms with E-state index in [0.29, 0.717) is 5.69 Å². The number of aromatic nitrogens is 2. The highest BCUT2D eigenvalue weighted by molar-refractivity contribution is 7.09. The number of thiophene rings is 1. The first-order valence-corrected chi connectivity index (χ1v) is 7.89. The molecule has 0 saturated carbocycles. The average molecular weight is 305 g/mol. The molecule has 3 heterocycles. The summed E-state index contributed by atoms with van der Waals surface area (Å²) in [5.74, 6) is 0.105. The summed E-state index contributed by atoms with van der Waals surface area (Å²) in [6, 6.07) is 4.24. The van der Waals surface area contributed by atoms with Crippen molar-refractivity contribution in [3.05, 3.63) is 34.8 Å². The van der Waals surface area contributed by atoms with Gasteiger partial charge in [-0.25, -0.2) is 0 Å². The predicted molar refractivity (Wildman–Crippen MR) is 82.8 cm³/mol. The smallest absolute Gasteiger partial charge is 0.244 e. The molecule has 0 radical (unpaired) electrons. The second kappa shape index (κ2) is 6.28. The van der Waals surface area contributed by atoms with E-state index >= 15 is 0 Å². The van der Waals surface area contributed by atoms with Gasteiger partial charge in [-0.1, -0.05) is 6.07 Å². The zero-order valence-corrected chi connectivity index (χ0v) is 12.6. The summed E-state index contributed by atoms with van der Waals surface area (Å²) in [6.45, 7) is 4.65. The third kappa shape index (κ3) is 3.62. The van der Waals surface area contributed by atoms with Crippen molar-refractivity contribution in [2.24, 2.45) is 0 Å². The number of hydrogen-bond acceptors (Lipinski definition) is 5. The minimum atomic E-state index is 0.105. The van der Waals surface area contributed by atoms with Crippen molar-refractivity contribution >= 4 is 22.9 Å². The van der Waals surface area contributed by atoms with E-state index in [0.717, 1.165) is 32.7 Å². The van der Waals surface area contributed by atoms with Crippen molar-refractivity contribution in [1.29, 1.82) is 0 Å². The van der Waals surface area contributed by atoms with Gasteiger partial charge in [0.05, 0.1) is 11.9 Å². The molecule has 112 valence electrons. The fourth-order valence-corrected chi connectivity index (χ4v) is 3.23. The fraction of sp³-hybridized carbons (Fsp3) is 0.429. The maximum Gasteiger partial charge on any atom is 0.244 e. The van der Waals surface area contributed by atoms with Crippen molar-refractivity contribution in [3.8, 4) is 0 Å². The van der Waals surface area contributed by atoms with Gasteiger partial charge in [-0.3, -0.25) is 14.4 Å². The minimum Gasteiger partial charge on any atom is -0.396 e. The van der Waals surface area contributed by atoms with E-state index in [1.54, 1.807) is 28.4 Å². The van der Waals surface area contributed by atoms with Crippen LogP contribution in [0.5, 0.6) is 0 Å². The zero-order chi connectivity index (χ0) is 14.7. The molecule has 0 aliphatic carbocycles. The van der Waals surface area contributed by atoms with Crippen molar-refractivity contribution in [2.75, 3.05) is 31.9 Å². The number of carbonyl (C=O) groups is 1. The lowest BCUT2D eigenvalue weighted by Crippen LogP contribution is -2.49. The normalized spacial score (nSPS) is 16.3. The molecule has 1 saturated heterocycles. The fourth-order valence-electron chi connectivity index (χ4n) is 2.48. The van der Waals surface area contributed by atoms with Gasteiger partial charge in [0, 0.05) is 43.8 Å². The number of piperazine rings is 1. The highest BCUT2D eigenvalue weighted by atomic mass is 32.1. The van der Waals surface area contributed by atoms with E-state index in [-0.39, 0.29) is 12.5 Å². The van der Waals surface area contributed by atoms with Crippen LogP contribution >= 0.6 is 11.3 Å². The van der Waals surface area contributed by atoms with Crippen LogP contribution in [0, 0.1) is 0 Å². The van der Waals surface area contributed by atoms with Crippen LogP contribution < -0.4 is 5.73 Å². The molecule has 0 aromatic carbocycles. The molecule has 0 bridgehead atoms. The largest absolute Gasteiger partial charge is 0.396 e. The van der Waals surface area contributed by atoms with Crippen LogP contribution in [0.25, 0.3) is 0 Å². The number of carbonyl (C=O) groups excluding carboxylic acids is 1. The van der Waals surface area contributed by atoms with E-state index in [1.165, 1.54) is 4.88 Å². The van der Waals surface area contributed by atoms with E-state index < -0.39 is 0 Å². The Kier molecular flexibility index (Phi) is 4.21. The molecule has 7 heteroatoms. The molecule has 2 aromatic rings. The van der Waals surface area contributed by atoms with E-state index in [1.807, 2.05) is 4.90 Å². The van der Waals surface area contributed by atoms with Gasteiger partial charge < -0.3 is 10.6 Å². The molecule has 1 aliphatic heterocycles. The molecule has 0 unspecified atom stereocenters. The molecule has 0 spiro atoms. The second-order valence-corrected chi connectivity index (χ2v) is 6.24. The summed E-state index contributed by atoms with van der Waals surface area (Å²) in [5, 5.41) is 6.15. The minimum absolute atomic E-state index is 0.105. The molecule has 6 nitrogen and oxygen atoms in total. The van der Waals surface area contributed by atoms with Gasteiger partial charge in [-0.05, 0) is 11.4 Å². The highest BCUT2D eigenvalue weighted by Crippen LogP contribution is 2.13. The first-order valence-electron chi connectivity index (χ1n) is 7.01. The lowest BCUT2D eigenvalue weighted by molar-refractivity contribution is -0.133.